The highest BCUT2D eigenvalue weighted by Crippen LogP contribution is 2.33. The van der Waals surface area contributed by atoms with Gasteiger partial charge in [0, 0.05) is 55.6 Å². The normalized spacial score (nSPS) is 14.2. The molecule has 1 saturated heterocycles. The van der Waals surface area contributed by atoms with E-state index < -0.39 is 0 Å². The zero-order valence-corrected chi connectivity index (χ0v) is 18.5. The third-order valence-electron chi connectivity index (χ3n) is 5.95. The van der Waals surface area contributed by atoms with Crippen LogP contribution in [-0.2, 0) is 4.79 Å². The van der Waals surface area contributed by atoms with Crippen LogP contribution in [-0.4, -0.2) is 43.5 Å². The number of hydrogen-bond donors (Lipinski definition) is 3. The van der Waals surface area contributed by atoms with E-state index >= 15 is 0 Å². The number of carbonyl (C=O) groups is 2. The van der Waals surface area contributed by atoms with Crippen LogP contribution in [0, 0.1) is 5.92 Å². The van der Waals surface area contributed by atoms with E-state index in [-0.39, 0.29) is 17.7 Å². The lowest BCUT2D eigenvalue weighted by molar-refractivity contribution is -0.125. The standard InChI is InChI=1S/C25H29N5O2/c1-3-27-25(32)21-16-28-22-10-9-19(30-13-11-17(12-14-30)24(31)26-2)15-20(22)23(21)29-18-7-5-4-6-8-18/h4-10,15-17H,3,11-14H2,1-2H3,(H,26,31)(H,27,32)(H,28,29). The van der Waals surface area contributed by atoms with Crippen molar-refractivity contribution in [2.24, 2.45) is 5.92 Å². The van der Waals surface area contributed by atoms with E-state index in [0.29, 0.717) is 12.1 Å². The van der Waals surface area contributed by atoms with Crippen molar-refractivity contribution in [1.82, 2.24) is 15.6 Å². The minimum Gasteiger partial charge on any atom is -0.371 e. The van der Waals surface area contributed by atoms with Gasteiger partial charge in [0.15, 0.2) is 0 Å². The molecule has 1 aliphatic heterocycles. The van der Waals surface area contributed by atoms with Gasteiger partial charge in [-0.15, -0.1) is 0 Å². The van der Waals surface area contributed by atoms with Crippen molar-refractivity contribution in [1.29, 1.82) is 0 Å². The van der Waals surface area contributed by atoms with Crippen molar-refractivity contribution < 1.29 is 9.59 Å². The van der Waals surface area contributed by atoms with Gasteiger partial charge >= 0.3 is 0 Å². The van der Waals surface area contributed by atoms with Crippen LogP contribution in [0.1, 0.15) is 30.1 Å². The first-order valence-electron chi connectivity index (χ1n) is 11.1. The predicted molar refractivity (Wildman–Crippen MR) is 128 cm³/mol. The third-order valence-corrected chi connectivity index (χ3v) is 5.95. The van der Waals surface area contributed by atoms with E-state index in [1.807, 2.05) is 43.3 Å². The van der Waals surface area contributed by atoms with Crippen molar-refractivity contribution in [3.8, 4) is 0 Å². The van der Waals surface area contributed by atoms with Crippen LogP contribution in [0.5, 0.6) is 0 Å². The minimum atomic E-state index is -0.155. The maximum Gasteiger partial charge on any atom is 0.254 e. The first-order chi connectivity index (χ1) is 15.6. The topological polar surface area (TPSA) is 86.4 Å². The zero-order valence-electron chi connectivity index (χ0n) is 18.5. The monoisotopic (exact) mass is 431 g/mol. The molecule has 0 spiro atoms. The molecule has 0 aliphatic carbocycles. The Balaban J connectivity index is 1.71. The highest BCUT2D eigenvalue weighted by Gasteiger charge is 2.25. The number of piperidine rings is 1. The number of nitrogens with zero attached hydrogens (tertiary/aromatic N) is 2. The van der Waals surface area contributed by atoms with Gasteiger partial charge in [-0.2, -0.15) is 0 Å². The number of hydrogen-bond acceptors (Lipinski definition) is 5. The molecule has 0 unspecified atom stereocenters. The Morgan fingerprint density at radius 3 is 2.53 bits per heavy atom. The van der Waals surface area contributed by atoms with E-state index in [1.165, 1.54) is 0 Å². The Kier molecular flexibility index (Phi) is 6.54. The van der Waals surface area contributed by atoms with Gasteiger partial charge in [-0.1, -0.05) is 18.2 Å². The molecule has 2 aromatic carbocycles. The number of nitrogens with one attached hydrogen (secondary N) is 3. The van der Waals surface area contributed by atoms with Gasteiger partial charge < -0.3 is 20.9 Å². The Morgan fingerprint density at radius 2 is 1.84 bits per heavy atom. The quantitative estimate of drug-likeness (QED) is 0.554. The fourth-order valence-electron chi connectivity index (χ4n) is 4.21. The molecule has 166 valence electrons. The third kappa shape index (κ3) is 4.51. The Morgan fingerprint density at radius 1 is 1.09 bits per heavy atom. The Labute approximate surface area is 188 Å². The molecule has 3 N–H and O–H groups in total. The van der Waals surface area contributed by atoms with Gasteiger partial charge in [0.25, 0.3) is 5.91 Å². The molecular weight excluding hydrogens is 402 g/mol. The number of carbonyl (C=O) groups excluding carboxylic acids is 2. The van der Waals surface area contributed by atoms with Crippen LogP contribution in [0.4, 0.5) is 17.1 Å². The smallest absolute Gasteiger partial charge is 0.254 e. The fourth-order valence-corrected chi connectivity index (χ4v) is 4.21. The molecule has 7 nitrogen and oxygen atoms in total. The molecule has 4 rings (SSSR count). The molecule has 3 aromatic rings. The second-order valence-electron chi connectivity index (χ2n) is 7.97. The van der Waals surface area contributed by atoms with Crippen LogP contribution in [0.25, 0.3) is 10.9 Å². The summed E-state index contributed by atoms with van der Waals surface area (Å²) in [6.45, 7) is 4.07. The van der Waals surface area contributed by atoms with E-state index in [0.717, 1.165) is 53.9 Å². The number of fused-ring (bicyclic) bond motifs is 1. The van der Waals surface area contributed by atoms with Crippen molar-refractivity contribution >= 4 is 39.8 Å². The molecule has 0 atom stereocenters. The van der Waals surface area contributed by atoms with Crippen molar-refractivity contribution in [2.75, 3.05) is 36.9 Å². The van der Waals surface area contributed by atoms with Gasteiger partial charge in [0.1, 0.15) is 0 Å². The largest absolute Gasteiger partial charge is 0.371 e. The van der Waals surface area contributed by atoms with E-state index in [2.05, 4.69) is 38.0 Å². The number of pyridine rings is 1. The predicted octanol–water partition coefficient (Wildman–Crippen LogP) is 3.69. The lowest BCUT2D eigenvalue weighted by Gasteiger charge is -2.33. The summed E-state index contributed by atoms with van der Waals surface area (Å²) in [5, 5.41) is 9.98. The Hall–Kier alpha value is -3.61. The molecule has 1 aliphatic rings. The molecule has 7 heteroatoms. The van der Waals surface area contributed by atoms with E-state index in [4.69, 9.17) is 0 Å². The second kappa shape index (κ2) is 9.68. The molecule has 0 radical (unpaired) electrons. The molecule has 1 aromatic heterocycles. The fraction of sp³-hybridized carbons (Fsp3) is 0.320. The highest BCUT2D eigenvalue weighted by molar-refractivity contribution is 6.08. The first kappa shape index (κ1) is 21.6. The lowest BCUT2D eigenvalue weighted by Crippen LogP contribution is -2.39. The summed E-state index contributed by atoms with van der Waals surface area (Å²) < 4.78 is 0. The van der Waals surface area contributed by atoms with Gasteiger partial charge in [-0.05, 0) is 50.1 Å². The summed E-state index contributed by atoms with van der Waals surface area (Å²) in [4.78, 5) is 31.6. The average molecular weight is 432 g/mol. The molecule has 32 heavy (non-hydrogen) atoms. The van der Waals surface area contributed by atoms with Crippen molar-refractivity contribution in [3.63, 3.8) is 0 Å². The summed E-state index contributed by atoms with van der Waals surface area (Å²) in [5.74, 6) is 0.0310. The van der Waals surface area contributed by atoms with Crippen LogP contribution >= 0.6 is 0 Å². The minimum absolute atomic E-state index is 0.0676. The van der Waals surface area contributed by atoms with Crippen molar-refractivity contribution in [3.05, 3.63) is 60.3 Å². The average Bonchev–Trinajstić information content (AvgIpc) is 2.84. The molecule has 0 saturated carbocycles. The first-order valence-corrected chi connectivity index (χ1v) is 11.1. The van der Waals surface area contributed by atoms with Crippen LogP contribution in [0.3, 0.4) is 0 Å². The number of para-hydroxylation sites is 1. The summed E-state index contributed by atoms with van der Waals surface area (Å²) in [6.07, 6.45) is 3.28. The molecule has 1 fully saturated rings. The van der Waals surface area contributed by atoms with Gasteiger partial charge in [-0.25, -0.2) is 0 Å². The number of benzene rings is 2. The molecule has 2 heterocycles. The van der Waals surface area contributed by atoms with E-state index in [9.17, 15) is 9.59 Å². The van der Waals surface area contributed by atoms with Crippen LogP contribution in [0.2, 0.25) is 0 Å². The van der Waals surface area contributed by atoms with Gasteiger partial charge in [0.05, 0.1) is 16.8 Å². The van der Waals surface area contributed by atoms with Gasteiger partial charge in [0.2, 0.25) is 5.91 Å². The number of aromatic nitrogens is 1. The van der Waals surface area contributed by atoms with E-state index in [1.54, 1.807) is 13.2 Å². The SMILES string of the molecule is CCNC(=O)c1cnc2ccc(N3CCC(C(=O)NC)CC3)cc2c1Nc1ccccc1. The highest BCUT2D eigenvalue weighted by atomic mass is 16.2. The molecular formula is C25H29N5O2. The van der Waals surface area contributed by atoms with Gasteiger partial charge in [-0.3, -0.25) is 14.6 Å². The lowest BCUT2D eigenvalue weighted by atomic mass is 9.95. The van der Waals surface area contributed by atoms with Crippen LogP contribution in [0.15, 0.2) is 54.7 Å². The molecule has 0 bridgehead atoms. The summed E-state index contributed by atoms with van der Waals surface area (Å²) >= 11 is 0. The Bertz CT molecular complexity index is 1110. The summed E-state index contributed by atoms with van der Waals surface area (Å²) in [6, 6.07) is 16.0. The summed E-state index contributed by atoms with van der Waals surface area (Å²) in [7, 11) is 1.69. The van der Waals surface area contributed by atoms with Crippen LogP contribution < -0.4 is 20.9 Å². The zero-order chi connectivity index (χ0) is 22.5. The maximum atomic E-state index is 12.8. The maximum absolute atomic E-state index is 12.8. The second-order valence-corrected chi connectivity index (χ2v) is 7.97. The molecule has 2 amide bonds. The number of amides is 2. The number of rotatable bonds is 6. The summed E-state index contributed by atoms with van der Waals surface area (Å²) in [5.41, 5.74) is 4.05. The van der Waals surface area contributed by atoms with Crippen molar-refractivity contribution in [2.45, 2.75) is 19.8 Å². The number of anilines is 3.